The number of sulfonamides is 1. The molecule has 9 heteroatoms. The Morgan fingerprint density at radius 2 is 1.87 bits per heavy atom. The van der Waals surface area contributed by atoms with Gasteiger partial charge in [0, 0.05) is 30.2 Å². The maximum atomic E-state index is 13.0. The van der Waals surface area contributed by atoms with Gasteiger partial charge in [-0.25, -0.2) is 8.42 Å². The maximum absolute atomic E-state index is 13.0. The Kier molecular flexibility index (Phi) is 7.94. The van der Waals surface area contributed by atoms with Gasteiger partial charge >= 0.3 is 0 Å². The molecule has 31 heavy (non-hydrogen) atoms. The molecule has 1 aliphatic rings. The number of ether oxygens (including phenoxy) is 2. The summed E-state index contributed by atoms with van der Waals surface area (Å²) in [7, 11) is -3.64. The molecule has 168 valence electrons. The van der Waals surface area contributed by atoms with Crippen LogP contribution in [0.15, 0.2) is 41.3 Å². The van der Waals surface area contributed by atoms with Gasteiger partial charge in [-0.2, -0.15) is 4.31 Å². The molecule has 1 N–H and O–H groups in total. The molecule has 0 atom stereocenters. The van der Waals surface area contributed by atoms with Crippen LogP contribution < -0.4 is 10.1 Å². The summed E-state index contributed by atoms with van der Waals surface area (Å²) in [5.41, 5.74) is 2.03. The van der Waals surface area contributed by atoms with Crippen LogP contribution in [0.5, 0.6) is 5.75 Å². The van der Waals surface area contributed by atoms with Crippen LogP contribution in [-0.4, -0.2) is 51.5 Å². The Hall–Kier alpha value is -2.13. The second-order valence-electron chi connectivity index (χ2n) is 7.41. The molecule has 1 fully saturated rings. The normalized spacial score (nSPS) is 14.9. The molecule has 1 heterocycles. The fraction of sp³-hybridized carbons (Fsp3) is 0.409. The number of benzene rings is 2. The number of morpholine rings is 1. The van der Waals surface area contributed by atoms with E-state index in [2.05, 4.69) is 5.32 Å². The third-order valence-electron chi connectivity index (χ3n) is 5.00. The van der Waals surface area contributed by atoms with E-state index in [0.717, 1.165) is 11.3 Å². The van der Waals surface area contributed by atoms with E-state index in [0.29, 0.717) is 55.6 Å². The topological polar surface area (TPSA) is 84.9 Å². The second-order valence-corrected chi connectivity index (χ2v) is 9.75. The van der Waals surface area contributed by atoms with E-state index in [4.69, 9.17) is 21.1 Å². The molecule has 0 spiro atoms. The van der Waals surface area contributed by atoms with Gasteiger partial charge in [-0.05, 0) is 61.7 Å². The number of anilines is 1. The Bertz CT molecular complexity index is 1040. The van der Waals surface area contributed by atoms with Crippen LogP contribution in [0.25, 0.3) is 0 Å². The van der Waals surface area contributed by atoms with Crippen LogP contribution in [0.4, 0.5) is 5.69 Å². The molecule has 0 unspecified atom stereocenters. The van der Waals surface area contributed by atoms with Crippen molar-refractivity contribution >= 4 is 33.2 Å². The first kappa shape index (κ1) is 23.5. The number of halogens is 1. The summed E-state index contributed by atoms with van der Waals surface area (Å²) in [6.45, 7) is 5.46. The van der Waals surface area contributed by atoms with Crippen molar-refractivity contribution in [2.45, 2.75) is 31.6 Å². The molecule has 0 bridgehead atoms. The number of carbonyl (C=O) groups excluding carboxylic acids is 1. The maximum Gasteiger partial charge on any atom is 0.243 e. The number of nitrogens with one attached hydrogen (secondary N) is 1. The van der Waals surface area contributed by atoms with Gasteiger partial charge in [0.2, 0.25) is 15.9 Å². The van der Waals surface area contributed by atoms with Gasteiger partial charge in [-0.15, -0.1) is 0 Å². The van der Waals surface area contributed by atoms with Crippen molar-refractivity contribution in [2.75, 3.05) is 38.2 Å². The van der Waals surface area contributed by atoms with Crippen molar-refractivity contribution in [3.05, 3.63) is 52.5 Å². The van der Waals surface area contributed by atoms with Crippen LogP contribution in [0.2, 0.25) is 5.02 Å². The second kappa shape index (κ2) is 10.5. The molecular formula is C22H27ClN2O5S. The highest BCUT2D eigenvalue weighted by Crippen LogP contribution is 2.25. The highest BCUT2D eigenvalue weighted by Gasteiger charge is 2.28. The lowest BCUT2D eigenvalue weighted by Crippen LogP contribution is -2.40. The lowest BCUT2D eigenvalue weighted by molar-refractivity contribution is -0.116. The molecule has 2 aromatic rings. The Balaban J connectivity index is 1.56. The van der Waals surface area contributed by atoms with Crippen LogP contribution in [0.1, 0.15) is 24.0 Å². The Morgan fingerprint density at radius 1 is 1.13 bits per heavy atom. The number of rotatable bonds is 8. The average molecular weight is 467 g/mol. The first-order valence-electron chi connectivity index (χ1n) is 10.1. The lowest BCUT2D eigenvalue weighted by Gasteiger charge is -2.26. The molecule has 3 rings (SSSR count). The van der Waals surface area contributed by atoms with E-state index in [-0.39, 0.29) is 17.2 Å². The minimum atomic E-state index is -3.64. The average Bonchev–Trinajstić information content (AvgIpc) is 2.74. The van der Waals surface area contributed by atoms with Crippen molar-refractivity contribution in [1.82, 2.24) is 4.31 Å². The molecule has 1 saturated heterocycles. The number of amides is 1. The number of hydrogen-bond donors (Lipinski definition) is 1. The number of carbonyl (C=O) groups is 1. The molecule has 7 nitrogen and oxygen atoms in total. The summed E-state index contributed by atoms with van der Waals surface area (Å²) in [4.78, 5) is 12.5. The van der Waals surface area contributed by atoms with Crippen LogP contribution in [0.3, 0.4) is 0 Å². The van der Waals surface area contributed by atoms with Crippen LogP contribution in [-0.2, 0) is 19.6 Å². The van der Waals surface area contributed by atoms with Crippen molar-refractivity contribution < 1.29 is 22.7 Å². The van der Waals surface area contributed by atoms with Crippen molar-refractivity contribution in [3.8, 4) is 5.75 Å². The standard InChI is InChI=1S/C22H27ClN2O5S/c1-16-5-7-19(15-21(16)31(27,28)25-9-12-29-13-10-25)24-22(26)4-3-11-30-20-8-6-18(23)14-17(20)2/h5-8,14-15H,3-4,9-13H2,1-2H3,(H,24,26). The van der Waals surface area contributed by atoms with Crippen LogP contribution in [0, 0.1) is 13.8 Å². The summed E-state index contributed by atoms with van der Waals surface area (Å²) < 4.78 is 38.3. The quantitative estimate of drug-likeness (QED) is 0.598. The summed E-state index contributed by atoms with van der Waals surface area (Å²) in [5.74, 6) is 0.538. The minimum Gasteiger partial charge on any atom is -0.493 e. The number of nitrogens with zero attached hydrogens (tertiary/aromatic N) is 1. The smallest absolute Gasteiger partial charge is 0.243 e. The highest BCUT2D eigenvalue weighted by molar-refractivity contribution is 7.89. The SMILES string of the molecule is Cc1cc(Cl)ccc1OCCCC(=O)Nc1ccc(C)c(S(=O)(=O)N2CCOCC2)c1. The minimum absolute atomic E-state index is 0.199. The predicted molar refractivity (Wildman–Crippen MR) is 120 cm³/mol. The van der Waals surface area contributed by atoms with E-state index >= 15 is 0 Å². The lowest BCUT2D eigenvalue weighted by atomic mass is 10.2. The monoisotopic (exact) mass is 466 g/mol. The summed E-state index contributed by atoms with van der Waals surface area (Å²) >= 11 is 5.94. The summed E-state index contributed by atoms with van der Waals surface area (Å²) in [6.07, 6.45) is 0.782. The fourth-order valence-electron chi connectivity index (χ4n) is 3.29. The molecule has 1 amide bonds. The van der Waals surface area contributed by atoms with Gasteiger partial charge in [0.05, 0.1) is 24.7 Å². The van der Waals surface area contributed by atoms with Gasteiger partial charge in [0.25, 0.3) is 0 Å². The van der Waals surface area contributed by atoms with E-state index in [1.165, 1.54) is 10.4 Å². The Labute approximate surface area is 188 Å². The predicted octanol–water partition coefficient (Wildman–Crippen LogP) is 3.78. The van der Waals surface area contributed by atoms with Crippen molar-refractivity contribution in [1.29, 1.82) is 0 Å². The van der Waals surface area contributed by atoms with Gasteiger partial charge in [0.1, 0.15) is 5.75 Å². The molecule has 0 aliphatic carbocycles. The van der Waals surface area contributed by atoms with Gasteiger partial charge in [-0.3, -0.25) is 4.79 Å². The summed E-state index contributed by atoms with van der Waals surface area (Å²) in [5, 5.41) is 3.43. The molecule has 2 aromatic carbocycles. The zero-order valence-electron chi connectivity index (χ0n) is 17.7. The van der Waals surface area contributed by atoms with E-state index in [1.54, 1.807) is 31.2 Å². The zero-order chi connectivity index (χ0) is 22.4. The number of aryl methyl sites for hydroxylation is 2. The third-order valence-corrected chi connectivity index (χ3v) is 7.28. The molecular weight excluding hydrogens is 440 g/mol. The molecule has 0 aromatic heterocycles. The molecule has 0 saturated carbocycles. The van der Waals surface area contributed by atoms with Gasteiger partial charge in [0.15, 0.2) is 0 Å². The molecule has 1 aliphatic heterocycles. The van der Waals surface area contributed by atoms with E-state index < -0.39 is 10.0 Å². The third kappa shape index (κ3) is 6.20. The zero-order valence-corrected chi connectivity index (χ0v) is 19.3. The van der Waals surface area contributed by atoms with E-state index in [9.17, 15) is 13.2 Å². The van der Waals surface area contributed by atoms with Gasteiger partial charge in [-0.1, -0.05) is 17.7 Å². The first-order valence-corrected chi connectivity index (χ1v) is 12.0. The fourth-order valence-corrected chi connectivity index (χ4v) is 5.18. The highest BCUT2D eigenvalue weighted by atomic mass is 35.5. The Morgan fingerprint density at radius 3 is 2.58 bits per heavy atom. The molecule has 0 radical (unpaired) electrons. The van der Waals surface area contributed by atoms with Gasteiger partial charge < -0.3 is 14.8 Å². The largest absolute Gasteiger partial charge is 0.493 e. The van der Waals surface area contributed by atoms with Crippen molar-refractivity contribution in [3.63, 3.8) is 0 Å². The van der Waals surface area contributed by atoms with E-state index in [1.807, 2.05) is 13.0 Å². The van der Waals surface area contributed by atoms with Crippen LogP contribution >= 0.6 is 11.6 Å². The summed E-state index contributed by atoms with van der Waals surface area (Å²) in [6, 6.07) is 10.3. The number of hydrogen-bond acceptors (Lipinski definition) is 5. The van der Waals surface area contributed by atoms with Crippen molar-refractivity contribution in [2.24, 2.45) is 0 Å². The first-order chi connectivity index (χ1) is 14.8.